The molecule has 156 valence electrons. The van der Waals surface area contributed by atoms with Crippen molar-refractivity contribution in [3.8, 4) is 5.75 Å². The van der Waals surface area contributed by atoms with Crippen molar-refractivity contribution in [2.45, 2.75) is 32.0 Å². The second kappa shape index (κ2) is 8.96. The second-order valence-corrected chi connectivity index (χ2v) is 7.10. The van der Waals surface area contributed by atoms with E-state index in [1.807, 2.05) is 28.8 Å². The largest absolute Gasteiger partial charge is 0.497 e. The van der Waals surface area contributed by atoms with E-state index in [2.05, 4.69) is 15.6 Å². The van der Waals surface area contributed by atoms with Gasteiger partial charge in [0.25, 0.3) is 0 Å². The van der Waals surface area contributed by atoms with Crippen molar-refractivity contribution >= 4 is 28.5 Å². The Balaban J connectivity index is 1.49. The number of para-hydroxylation sites is 2. The van der Waals surface area contributed by atoms with E-state index in [0.717, 1.165) is 29.6 Å². The lowest BCUT2D eigenvalue weighted by atomic mass is 10.2. The van der Waals surface area contributed by atoms with Crippen LogP contribution in [0.4, 0.5) is 5.69 Å². The molecule has 1 aliphatic heterocycles. The van der Waals surface area contributed by atoms with Gasteiger partial charge in [-0.2, -0.15) is 0 Å². The van der Waals surface area contributed by atoms with Gasteiger partial charge in [-0.15, -0.1) is 0 Å². The molecule has 1 fully saturated rings. The van der Waals surface area contributed by atoms with Crippen molar-refractivity contribution in [2.75, 3.05) is 19.0 Å². The zero-order chi connectivity index (χ0) is 20.9. The molecule has 30 heavy (non-hydrogen) atoms. The van der Waals surface area contributed by atoms with Gasteiger partial charge in [-0.1, -0.05) is 12.1 Å². The SMILES string of the molecule is COc1ccc(NC(=O)Cn2c(CNC(=O)C3CCCO3)nc3ccccc32)cc1. The predicted molar refractivity (Wildman–Crippen MR) is 112 cm³/mol. The van der Waals surface area contributed by atoms with E-state index in [1.165, 1.54) is 0 Å². The van der Waals surface area contributed by atoms with Crippen LogP contribution in [-0.2, 0) is 27.4 Å². The lowest BCUT2D eigenvalue weighted by Gasteiger charge is -2.13. The molecule has 8 heteroatoms. The summed E-state index contributed by atoms with van der Waals surface area (Å²) in [6, 6.07) is 14.7. The summed E-state index contributed by atoms with van der Waals surface area (Å²) in [7, 11) is 1.59. The van der Waals surface area contributed by atoms with Gasteiger partial charge in [-0.3, -0.25) is 9.59 Å². The van der Waals surface area contributed by atoms with Gasteiger partial charge in [0.2, 0.25) is 11.8 Å². The standard InChI is InChI=1S/C22H24N4O4/c1-29-16-10-8-15(9-11-16)24-21(27)14-26-18-6-3-2-5-17(18)25-20(26)13-23-22(28)19-7-4-12-30-19/h2-3,5-6,8-11,19H,4,7,12-14H2,1H3,(H,23,28)(H,24,27). The van der Waals surface area contributed by atoms with Gasteiger partial charge in [0.1, 0.15) is 24.2 Å². The number of carbonyl (C=O) groups excluding carboxylic acids is 2. The Morgan fingerprint density at radius 3 is 2.73 bits per heavy atom. The van der Waals surface area contributed by atoms with E-state index in [1.54, 1.807) is 31.4 Å². The molecule has 8 nitrogen and oxygen atoms in total. The van der Waals surface area contributed by atoms with Crippen molar-refractivity contribution in [1.82, 2.24) is 14.9 Å². The minimum Gasteiger partial charge on any atom is -0.497 e. The first kappa shape index (κ1) is 19.9. The third-order valence-corrected chi connectivity index (χ3v) is 5.05. The van der Waals surface area contributed by atoms with Crippen LogP contribution in [0.15, 0.2) is 48.5 Å². The number of rotatable bonds is 7. The van der Waals surface area contributed by atoms with Gasteiger partial charge < -0.3 is 24.7 Å². The second-order valence-electron chi connectivity index (χ2n) is 7.10. The highest BCUT2D eigenvalue weighted by molar-refractivity contribution is 5.91. The van der Waals surface area contributed by atoms with Crippen LogP contribution in [0.3, 0.4) is 0 Å². The maximum Gasteiger partial charge on any atom is 0.249 e. The summed E-state index contributed by atoms with van der Waals surface area (Å²) < 4.78 is 12.4. The molecule has 0 radical (unpaired) electrons. The number of carbonyl (C=O) groups is 2. The Kier molecular flexibility index (Phi) is 5.94. The highest BCUT2D eigenvalue weighted by atomic mass is 16.5. The smallest absolute Gasteiger partial charge is 0.249 e. The zero-order valence-corrected chi connectivity index (χ0v) is 16.8. The van der Waals surface area contributed by atoms with Crippen LogP contribution in [0.2, 0.25) is 0 Å². The number of fused-ring (bicyclic) bond motifs is 1. The van der Waals surface area contributed by atoms with Crippen molar-refractivity contribution in [2.24, 2.45) is 0 Å². The Morgan fingerprint density at radius 1 is 1.20 bits per heavy atom. The van der Waals surface area contributed by atoms with Gasteiger partial charge in [-0.05, 0) is 49.2 Å². The molecular formula is C22H24N4O4. The monoisotopic (exact) mass is 408 g/mol. The number of amides is 2. The number of benzene rings is 2. The highest BCUT2D eigenvalue weighted by Crippen LogP contribution is 2.18. The number of ether oxygens (including phenoxy) is 2. The molecule has 3 aromatic rings. The summed E-state index contributed by atoms with van der Waals surface area (Å²) in [4.78, 5) is 29.6. The fourth-order valence-corrected chi connectivity index (χ4v) is 3.52. The van der Waals surface area contributed by atoms with Crippen molar-refractivity contribution < 1.29 is 19.1 Å². The van der Waals surface area contributed by atoms with Gasteiger partial charge in [0.15, 0.2) is 0 Å². The van der Waals surface area contributed by atoms with E-state index in [-0.39, 0.29) is 24.9 Å². The number of nitrogens with zero attached hydrogens (tertiary/aromatic N) is 2. The molecule has 0 bridgehead atoms. The van der Waals surface area contributed by atoms with E-state index in [0.29, 0.717) is 18.1 Å². The molecule has 0 aliphatic carbocycles. The number of nitrogens with one attached hydrogen (secondary N) is 2. The van der Waals surface area contributed by atoms with Crippen LogP contribution < -0.4 is 15.4 Å². The predicted octanol–water partition coefficient (Wildman–Crippen LogP) is 2.48. The molecule has 2 aromatic carbocycles. The number of aromatic nitrogens is 2. The quantitative estimate of drug-likeness (QED) is 0.626. The first-order valence-corrected chi connectivity index (χ1v) is 9.91. The minimum atomic E-state index is -0.402. The molecule has 1 saturated heterocycles. The molecule has 2 amide bonds. The third-order valence-electron chi connectivity index (χ3n) is 5.05. The molecule has 1 aromatic heterocycles. The zero-order valence-electron chi connectivity index (χ0n) is 16.8. The lowest BCUT2D eigenvalue weighted by molar-refractivity contribution is -0.130. The summed E-state index contributed by atoms with van der Waals surface area (Å²) in [6.45, 7) is 0.920. The summed E-state index contributed by atoms with van der Waals surface area (Å²) in [5.74, 6) is 1.01. The lowest BCUT2D eigenvalue weighted by Crippen LogP contribution is -2.34. The Bertz CT molecular complexity index is 1040. The van der Waals surface area contributed by atoms with Crippen LogP contribution >= 0.6 is 0 Å². The number of imidazole rings is 1. The first-order chi connectivity index (χ1) is 14.6. The van der Waals surface area contributed by atoms with Crippen molar-refractivity contribution in [3.63, 3.8) is 0 Å². The number of anilines is 1. The number of methoxy groups -OCH3 is 1. The highest BCUT2D eigenvalue weighted by Gasteiger charge is 2.24. The summed E-state index contributed by atoms with van der Waals surface area (Å²) in [5.41, 5.74) is 2.29. The van der Waals surface area contributed by atoms with Gasteiger partial charge in [0, 0.05) is 12.3 Å². The van der Waals surface area contributed by atoms with Gasteiger partial charge in [0.05, 0.1) is 24.7 Å². The maximum atomic E-state index is 12.7. The van der Waals surface area contributed by atoms with Crippen LogP contribution in [-0.4, -0.2) is 41.2 Å². The Hall–Kier alpha value is -3.39. The molecule has 2 N–H and O–H groups in total. The fraction of sp³-hybridized carbons (Fsp3) is 0.318. The molecule has 0 saturated carbocycles. The average molecular weight is 408 g/mol. The normalized spacial score (nSPS) is 15.8. The molecule has 1 unspecified atom stereocenters. The van der Waals surface area contributed by atoms with Crippen LogP contribution in [0.5, 0.6) is 5.75 Å². The Morgan fingerprint density at radius 2 is 2.00 bits per heavy atom. The molecular weight excluding hydrogens is 384 g/mol. The third kappa shape index (κ3) is 4.44. The Labute approximate surface area is 174 Å². The van der Waals surface area contributed by atoms with E-state index >= 15 is 0 Å². The van der Waals surface area contributed by atoms with E-state index < -0.39 is 6.10 Å². The van der Waals surface area contributed by atoms with Crippen molar-refractivity contribution in [3.05, 3.63) is 54.4 Å². The first-order valence-electron chi connectivity index (χ1n) is 9.91. The van der Waals surface area contributed by atoms with E-state index in [9.17, 15) is 9.59 Å². The molecule has 1 atom stereocenters. The van der Waals surface area contributed by atoms with Crippen LogP contribution in [0.1, 0.15) is 18.7 Å². The number of hydrogen-bond acceptors (Lipinski definition) is 5. The molecule has 0 spiro atoms. The molecule has 4 rings (SSSR count). The van der Waals surface area contributed by atoms with Crippen LogP contribution in [0, 0.1) is 0 Å². The maximum absolute atomic E-state index is 12.7. The average Bonchev–Trinajstić information content (AvgIpc) is 3.41. The number of hydrogen-bond donors (Lipinski definition) is 2. The topological polar surface area (TPSA) is 94.5 Å². The summed E-state index contributed by atoms with van der Waals surface area (Å²) in [6.07, 6.45) is 1.22. The van der Waals surface area contributed by atoms with Gasteiger partial charge >= 0.3 is 0 Å². The molecule has 2 heterocycles. The van der Waals surface area contributed by atoms with Crippen LogP contribution in [0.25, 0.3) is 11.0 Å². The fourth-order valence-electron chi connectivity index (χ4n) is 3.52. The van der Waals surface area contributed by atoms with Crippen molar-refractivity contribution in [1.29, 1.82) is 0 Å². The van der Waals surface area contributed by atoms with E-state index in [4.69, 9.17) is 9.47 Å². The van der Waals surface area contributed by atoms with Gasteiger partial charge in [-0.25, -0.2) is 4.98 Å². The molecule has 1 aliphatic rings. The minimum absolute atomic E-state index is 0.0810. The summed E-state index contributed by atoms with van der Waals surface area (Å²) >= 11 is 0. The summed E-state index contributed by atoms with van der Waals surface area (Å²) in [5, 5.41) is 5.77.